The third-order valence-electron chi connectivity index (χ3n) is 5.96. The van der Waals surface area contributed by atoms with Crippen LogP contribution in [0.4, 0.5) is 18.9 Å². The van der Waals surface area contributed by atoms with Gasteiger partial charge in [-0.1, -0.05) is 54.7 Å². The summed E-state index contributed by atoms with van der Waals surface area (Å²) in [7, 11) is -4.30. The molecule has 39 heavy (non-hydrogen) atoms. The van der Waals surface area contributed by atoms with Crippen molar-refractivity contribution < 1.29 is 31.2 Å². The number of rotatable bonds is 11. The van der Waals surface area contributed by atoms with Gasteiger partial charge in [-0.25, -0.2) is 8.42 Å². The first-order chi connectivity index (χ1) is 18.0. The minimum absolute atomic E-state index is 0.155. The lowest BCUT2D eigenvalue weighted by atomic mass is 10.1. The highest BCUT2D eigenvalue weighted by molar-refractivity contribution is 7.92. The van der Waals surface area contributed by atoms with E-state index in [0.29, 0.717) is 33.4 Å². The maximum Gasteiger partial charge on any atom is 0.416 e. The molecular formula is C25H29Cl3F3N3O4S. The second kappa shape index (κ2) is 13.4. The van der Waals surface area contributed by atoms with Gasteiger partial charge in [0.2, 0.25) is 21.8 Å². The maximum atomic E-state index is 13.7. The Labute approximate surface area is 241 Å². The first kappa shape index (κ1) is 33.0. The quantitative estimate of drug-likeness (QED) is 0.323. The van der Waals surface area contributed by atoms with Crippen LogP contribution in [-0.4, -0.2) is 50.0 Å². The lowest BCUT2D eigenvalue weighted by Crippen LogP contribution is -2.53. The molecule has 2 unspecified atom stereocenters. The Morgan fingerprint density at radius 2 is 1.64 bits per heavy atom. The van der Waals surface area contributed by atoms with Crippen LogP contribution in [-0.2, 0) is 32.3 Å². The van der Waals surface area contributed by atoms with Crippen LogP contribution in [0.15, 0.2) is 36.4 Å². The monoisotopic (exact) mass is 629 g/mol. The summed E-state index contributed by atoms with van der Waals surface area (Å²) < 4.78 is 66.1. The van der Waals surface area contributed by atoms with Gasteiger partial charge in [-0.3, -0.25) is 13.9 Å². The Kier molecular flexibility index (Phi) is 11.4. The van der Waals surface area contributed by atoms with E-state index in [-0.39, 0.29) is 29.1 Å². The number of hydrogen-bond acceptors (Lipinski definition) is 4. The third kappa shape index (κ3) is 8.89. The number of carbonyl (C=O) groups excluding carboxylic acids is 2. The summed E-state index contributed by atoms with van der Waals surface area (Å²) in [4.78, 5) is 28.0. The van der Waals surface area contributed by atoms with Gasteiger partial charge in [-0.05, 0) is 55.7 Å². The van der Waals surface area contributed by atoms with E-state index in [1.807, 2.05) is 6.92 Å². The minimum atomic E-state index is -4.79. The predicted octanol–water partition coefficient (Wildman–Crippen LogP) is 6.15. The fourth-order valence-corrected chi connectivity index (χ4v) is 5.26. The minimum Gasteiger partial charge on any atom is -0.352 e. The van der Waals surface area contributed by atoms with Gasteiger partial charge in [0.05, 0.1) is 22.5 Å². The van der Waals surface area contributed by atoms with Crippen LogP contribution in [0, 0.1) is 0 Å². The number of carbonyl (C=O) groups is 2. The molecule has 2 aromatic rings. The summed E-state index contributed by atoms with van der Waals surface area (Å²) in [5, 5.41) is 3.04. The molecule has 0 radical (unpaired) electrons. The van der Waals surface area contributed by atoms with Gasteiger partial charge < -0.3 is 10.2 Å². The predicted molar refractivity (Wildman–Crippen MR) is 148 cm³/mol. The van der Waals surface area contributed by atoms with Crippen LogP contribution in [0.5, 0.6) is 0 Å². The molecule has 7 nitrogen and oxygen atoms in total. The molecule has 0 spiro atoms. The highest BCUT2D eigenvalue weighted by atomic mass is 35.5. The Morgan fingerprint density at radius 1 is 1.00 bits per heavy atom. The van der Waals surface area contributed by atoms with Crippen molar-refractivity contribution in [2.75, 3.05) is 17.1 Å². The Morgan fingerprint density at radius 3 is 2.15 bits per heavy atom. The number of nitrogens with one attached hydrogen (secondary N) is 1. The van der Waals surface area contributed by atoms with E-state index in [0.717, 1.165) is 17.2 Å². The number of amides is 2. The topological polar surface area (TPSA) is 86.8 Å². The third-order valence-corrected chi connectivity index (χ3v) is 8.00. The molecule has 0 aliphatic heterocycles. The van der Waals surface area contributed by atoms with E-state index in [9.17, 15) is 31.2 Å². The SMILES string of the molecule is CCC(C)NC(=O)C(CC)N(Cc1ccc(Cl)cc1Cl)C(=O)CN(c1cc(C(F)(F)F)ccc1Cl)S(C)(=O)=O. The molecule has 14 heteroatoms. The molecular weight excluding hydrogens is 602 g/mol. The zero-order chi connectivity index (χ0) is 29.7. The van der Waals surface area contributed by atoms with E-state index in [1.165, 1.54) is 12.1 Å². The van der Waals surface area contributed by atoms with Gasteiger partial charge in [-0.15, -0.1) is 0 Å². The molecule has 0 saturated carbocycles. The summed E-state index contributed by atoms with van der Waals surface area (Å²) in [5.74, 6) is -1.33. The number of hydrogen-bond donors (Lipinski definition) is 1. The van der Waals surface area contributed by atoms with Crippen molar-refractivity contribution in [2.24, 2.45) is 0 Å². The zero-order valence-corrected chi connectivity index (χ0v) is 24.7. The van der Waals surface area contributed by atoms with Gasteiger partial charge in [0.25, 0.3) is 0 Å². The van der Waals surface area contributed by atoms with Crippen LogP contribution in [0.1, 0.15) is 44.7 Å². The molecule has 2 rings (SSSR count). The standard InChI is InChI=1S/C25H29Cl3F3N3O4S/c1-5-15(3)32-24(36)21(6-2)33(13-16-7-9-18(26)12-20(16)28)23(35)14-34(39(4,37)38)22-11-17(25(29,30)31)8-10-19(22)27/h7-12,15,21H,5-6,13-14H2,1-4H3,(H,32,36). The molecule has 2 amide bonds. The van der Waals surface area contributed by atoms with Crippen LogP contribution in [0.25, 0.3) is 0 Å². The van der Waals surface area contributed by atoms with Gasteiger partial charge in [0.15, 0.2) is 0 Å². The van der Waals surface area contributed by atoms with Crippen LogP contribution in [0.2, 0.25) is 15.1 Å². The summed E-state index contributed by atoms with van der Waals surface area (Å²) in [6, 6.07) is 5.46. The van der Waals surface area contributed by atoms with Crippen molar-refractivity contribution in [3.05, 3.63) is 62.6 Å². The summed E-state index contributed by atoms with van der Waals surface area (Å²) in [6.45, 7) is 4.20. The molecule has 0 aliphatic carbocycles. The summed E-state index contributed by atoms with van der Waals surface area (Å²) in [6.07, 6.45) is -3.27. The Bertz CT molecular complexity index is 1310. The van der Waals surface area contributed by atoms with Crippen molar-refractivity contribution in [3.63, 3.8) is 0 Å². The highest BCUT2D eigenvalue weighted by Gasteiger charge is 2.35. The summed E-state index contributed by atoms with van der Waals surface area (Å²) >= 11 is 18.4. The Hall–Kier alpha value is -2.21. The second-order valence-corrected chi connectivity index (χ2v) is 12.1. The summed E-state index contributed by atoms with van der Waals surface area (Å²) in [5.41, 5.74) is -1.25. The number of alkyl halides is 3. The molecule has 2 atom stereocenters. The largest absolute Gasteiger partial charge is 0.416 e. The molecule has 0 fully saturated rings. The van der Waals surface area contributed by atoms with Crippen molar-refractivity contribution >= 4 is 62.3 Å². The van der Waals surface area contributed by atoms with Crippen molar-refractivity contribution in [1.82, 2.24) is 10.2 Å². The molecule has 0 aromatic heterocycles. The lowest BCUT2D eigenvalue weighted by molar-refractivity contribution is -0.140. The van der Waals surface area contributed by atoms with E-state index >= 15 is 0 Å². The van der Waals surface area contributed by atoms with Crippen LogP contribution in [0.3, 0.4) is 0 Å². The van der Waals surface area contributed by atoms with Gasteiger partial charge in [0, 0.05) is 22.6 Å². The first-order valence-corrected chi connectivity index (χ1v) is 14.9. The maximum absolute atomic E-state index is 13.7. The molecule has 0 bridgehead atoms. The average Bonchev–Trinajstić information content (AvgIpc) is 2.82. The lowest BCUT2D eigenvalue weighted by Gasteiger charge is -2.33. The molecule has 0 saturated heterocycles. The first-order valence-electron chi connectivity index (χ1n) is 11.9. The molecule has 1 N–H and O–H groups in total. The Balaban J connectivity index is 2.58. The van der Waals surface area contributed by atoms with E-state index in [4.69, 9.17) is 34.8 Å². The second-order valence-electron chi connectivity index (χ2n) is 8.93. The molecule has 0 heterocycles. The van der Waals surface area contributed by atoms with E-state index < -0.39 is 51.9 Å². The van der Waals surface area contributed by atoms with Crippen molar-refractivity contribution in [2.45, 2.75) is 58.4 Å². The number of nitrogens with zero attached hydrogens (tertiary/aromatic N) is 2. The smallest absolute Gasteiger partial charge is 0.352 e. The van der Waals surface area contributed by atoms with Crippen LogP contribution >= 0.6 is 34.8 Å². The average molecular weight is 631 g/mol. The molecule has 0 aliphatic rings. The normalized spacial score (nSPS) is 13.5. The van der Waals surface area contributed by atoms with E-state index in [1.54, 1.807) is 19.9 Å². The van der Waals surface area contributed by atoms with Crippen molar-refractivity contribution in [1.29, 1.82) is 0 Å². The van der Waals surface area contributed by atoms with Gasteiger partial charge in [0.1, 0.15) is 12.6 Å². The molecule has 216 valence electrons. The zero-order valence-electron chi connectivity index (χ0n) is 21.7. The van der Waals surface area contributed by atoms with Crippen LogP contribution < -0.4 is 9.62 Å². The van der Waals surface area contributed by atoms with Gasteiger partial charge in [-0.2, -0.15) is 13.2 Å². The number of halogens is 6. The van der Waals surface area contributed by atoms with E-state index in [2.05, 4.69) is 5.32 Å². The number of anilines is 1. The number of sulfonamides is 1. The van der Waals surface area contributed by atoms with Gasteiger partial charge >= 0.3 is 6.18 Å². The molecule has 2 aromatic carbocycles. The fourth-order valence-electron chi connectivity index (χ4n) is 3.67. The van der Waals surface area contributed by atoms with Crippen molar-refractivity contribution in [3.8, 4) is 0 Å². The fraction of sp³-hybridized carbons (Fsp3) is 0.440. The highest BCUT2D eigenvalue weighted by Crippen LogP contribution is 2.36. The number of benzene rings is 2.